The molecule has 1 N–H and O–H groups in total. The molecule has 3 atom stereocenters. The predicted octanol–water partition coefficient (Wildman–Crippen LogP) is 2.05. The molecule has 1 aromatic rings. The van der Waals surface area contributed by atoms with Crippen LogP contribution in [0.25, 0.3) is 0 Å². The van der Waals surface area contributed by atoms with Crippen LogP contribution in [-0.2, 0) is 4.79 Å². The van der Waals surface area contributed by atoms with E-state index in [9.17, 15) is 9.59 Å². The number of piperidine rings is 1. The quantitative estimate of drug-likeness (QED) is 0.873. The van der Waals surface area contributed by atoms with Gasteiger partial charge in [-0.15, -0.1) is 0 Å². The number of hydrogen-bond acceptors (Lipinski definition) is 4. The van der Waals surface area contributed by atoms with Gasteiger partial charge in [-0.3, -0.25) is 9.59 Å². The van der Waals surface area contributed by atoms with Crippen molar-refractivity contribution in [1.29, 1.82) is 0 Å². The van der Waals surface area contributed by atoms with Crippen LogP contribution in [0, 0.1) is 0 Å². The summed E-state index contributed by atoms with van der Waals surface area (Å²) in [6.45, 7) is -0.0657. The van der Waals surface area contributed by atoms with E-state index in [4.69, 9.17) is 16.3 Å². The first-order chi connectivity index (χ1) is 11.9. The van der Waals surface area contributed by atoms with Gasteiger partial charge in [0.1, 0.15) is 0 Å². The zero-order chi connectivity index (χ0) is 17.7. The van der Waals surface area contributed by atoms with Crippen LogP contribution in [0.15, 0.2) is 12.1 Å². The Hall–Kier alpha value is -1.79. The largest absolute Gasteiger partial charge is 0.481 e. The number of nitrogens with one attached hydrogen (secondary N) is 1. The monoisotopic (exact) mass is 363 g/mol. The van der Waals surface area contributed by atoms with Crippen molar-refractivity contribution in [1.82, 2.24) is 10.2 Å². The number of amides is 2. The van der Waals surface area contributed by atoms with Crippen LogP contribution in [0.5, 0.6) is 5.75 Å². The lowest BCUT2D eigenvalue weighted by molar-refractivity contribution is -0.121. The highest BCUT2D eigenvalue weighted by Gasteiger charge is 2.39. The first-order valence-electron chi connectivity index (χ1n) is 8.69. The van der Waals surface area contributed by atoms with Crippen molar-refractivity contribution in [3.8, 4) is 5.75 Å². The Bertz CT molecular complexity index is 725. The molecule has 2 bridgehead atoms. The Morgan fingerprint density at radius 1 is 1.24 bits per heavy atom. The van der Waals surface area contributed by atoms with E-state index in [1.807, 2.05) is 0 Å². The molecule has 3 aliphatic heterocycles. The molecule has 3 aliphatic rings. The molecule has 2 amide bonds. The minimum absolute atomic E-state index is 0.0657. The summed E-state index contributed by atoms with van der Waals surface area (Å²) in [7, 11) is 3.84. The molecule has 2 saturated heterocycles. The van der Waals surface area contributed by atoms with Crippen molar-refractivity contribution in [3.63, 3.8) is 0 Å². The third-order valence-electron chi connectivity index (χ3n) is 5.79. The molecule has 6 nitrogen and oxygen atoms in total. The van der Waals surface area contributed by atoms with Crippen molar-refractivity contribution in [2.24, 2.45) is 0 Å². The Morgan fingerprint density at radius 3 is 2.60 bits per heavy atom. The second-order valence-corrected chi connectivity index (χ2v) is 7.67. The fourth-order valence-corrected chi connectivity index (χ4v) is 4.52. The first kappa shape index (κ1) is 16.7. The normalized spacial score (nSPS) is 28.5. The molecule has 0 saturated carbocycles. The van der Waals surface area contributed by atoms with Crippen molar-refractivity contribution < 1.29 is 14.3 Å². The van der Waals surface area contributed by atoms with Crippen LogP contribution in [0.2, 0.25) is 5.02 Å². The fourth-order valence-electron chi connectivity index (χ4n) is 4.31. The maximum Gasteiger partial charge on any atom is 0.264 e. The Kier molecular flexibility index (Phi) is 4.12. The van der Waals surface area contributed by atoms with Crippen molar-refractivity contribution in [2.75, 3.05) is 25.6 Å². The van der Waals surface area contributed by atoms with E-state index < -0.39 is 0 Å². The van der Waals surface area contributed by atoms with Crippen molar-refractivity contribution >= 4 is 29.1 Å². The van der Waals surface area contributed by atoms with Crippen LogP contribution in [0.1, 0.15) is 36.0 Å². The van der Waals surface area contributed by atoms with E-state index in [2.05, 4.69) is 17.3 Å². The van der Waals surface area contributed by atoms with Gasteiger partial charge in [0.05, 0.1) is 11.3 Å². The molecule has 1 aromatic carbocycles. The highest BCUT2D eigenvalue weighted by molar-refractivity contribution is 6.31. The van der Waals surface area contributed by atoms with Crippen molar-refractivity contribution in [3.05, 3.63) is 22.7 Å². The maximum atomic E-state index is 12.9. The zero-order valence-electron chi connectivity index (χ0n) is 14.4. The molecule has 25 heavy (non-hydrogen) atoms. The molecule has 0 radical (unpaired) electrons. The zero-order valence-corrected chi connectivity index (χ0v) is 15.2. The number of carbonyl (C=O) groups is 2. The number of likely N-dealkylation sites (N-methyl/N-ethyl adjacent to an activating group) is 1. The summed E-state index contributed by atoms with van der Waals surface area (Å²) < 4.78 is 5.56. The smallest absolute Gasteiger partial charge is 0.264 e. The molecule has 7 heteroatoms. The van der Waals surface area contributed by atoms with Gasteiger partial charge >= 0.3 is 0 Å². The number of halogens is 1. The molecular formula is C18H22ClN3O3. The molecule has 1 unspecified atom stereocenters. The lowest BCUT2D eigenvalue weighted by Gasteiger charge is -2.36. The standard InChI is InChI=1S/C18H22ClN3O3/c1-21-12-3-4-13(21)8-11(7-12)20-18(24)14-5-10(19)6-15-17(14)25-9-16(23)22(15)2/h5-6,11-13H,3-4,7-9H2,1-2H3,(H,20,24)/t11?,12-,13+. The molecule has 0 spiro atoms. The predicted molar refractivity (Wildman–Crippen MR) is 95.4 cm³/mol. The van der Waals surface area contributed by atoms with Gasteiger partial charge in [-0.2, -0.15) is 0 Å². The van der Waals surface area contributed by atoms with Gasteiger partial charge in [0.2, 0.25) is 0 Å². The molecule has 2 fully saturated rings. The summed E-state index contributed by atoms with van der Waals surface area (Å²) in [5.41, 5.74) is 0.936. The summed E-state index contributed by atoms with van der Waals surface area (Å²) in [5, 5.41) is 3.57. The number of hydrogen-bond donors (Lipinski definition) is 1. The highest BCUT2D eigenvalue weighted by atomic mass is 35.5. The summed E-state index contributed by atoms with van der Waals surface area (Å²) in [5.74, 6) is 0.0865. The van der Waals surface area contributed by atoms with Crippen LogP contribution in [-0.4, -0.2) is 55.5 Å². The topological polar surface area (TPSA) is 61.9 Å². The number of anilines is 1. The third kappa shape index (κ3) is 2.87. The van der Waals surface area contributed by atoms with Crippen LogP contribution < -0.4 is 15.0 Å². The van der Waals surface area contributed by atoms with E-state index in [0.29, 0.717) is 34.1 Å². The minimum atomic E-state index is -0.185. The number of fused-ring (bicyclic) bond motifs is 3. The molecule has 134 valence electrons. The minimum Gasteiger partial charge on any atom is -0.481 e. The lowest BCUT2D eigenvalue weighted by atomic mass is 9.97. The third-order valence-corrected chi connectivity index (χ3v) is 6.01. The van der Waals surface area contributed by atoms with Gasteiger partial charge in [-0.25, -0.2) is 0 Å². The van der Waals surface area contributed by atoms with E-state index in [0.717, 1.165) is 12.8 Å². The van der Waals surface area contributed by atoms with Crippen molar-refractivity contribution in [2.45, 2.75) is 43.8 Å². The van der Waals surface area contributed by atoms with Gasteiger partial charge in [0.25, 0.3) is 11.8 Å². The van der Waals surface area contributed by atoms with E-state index in [1.54, 1.807) is 19.2 Å². The van der Waals surface area contributed by atoms with Crippen LogP contribution >= 0.6 is 11.6 Å². The van der Waals surface area contributed by atoms with E-state index in [1.165, 1.54) is 17.7 Å². The van der Waals surface area contributed by atoms with Gasteiger partial charge in [-0.05, 0) is 44.9 Å². The average Bonchev–Trinajstić information content (AvgIpc) is 2.80. The maximum absolute atomic E-state index is 12.9. The van der Waals surface area contributed by atoms with E-state index >= 15 is 0 Å². The Labute approximate surface area is 152 Å². The Morgan fingerprint density at radius 2 is 1.92 bits per heavy atom. The number of rotatable bonds is 2. The SMILES string of the molecule is CN1C(=O)COc2c(C(=O)NC3C[C@H]4CC[C@@H](C3)N4C)cc(Cl)cc21. The average molecular weight is 364 g/mol. The molecular weight excluding hydrogens is 342 g/mol. The van der Waals surface area contributed by atoms with Gasteiger partial charge in [-0.1, -0.05) is 11.6 Å². The number of nitrogens with zero attached hydrogens (tertiary/aromatic N) is 2. The summed E-state index contributed by atoms with van der Waals surface area (Å²) in [4.78, 5) is 28.6. The molecule has 4 rings (SSSR count). The summed E-state index contributed by atoms with van der Waals surface area (Å²) in [6, 6.07) is 4.54. The highest BCUT2D eigenvalue weighted by Crippen LogP contribution is 2.38. The Balaban J connectivity index is 1.57. The number of carbonyl (C=O) groups excluding carboxylic acids is 2. The van der Waals surface area contributed by atoms with Gasteiger partial charge < -0.3 is 19.9 Å². The van der Waals surface area contributed by atoms with Crippen LogP contribution in [0.4, 0.5) is 5.69 Å². The van der Waals surface area contributed by atoms with Gasteiger partial charge in [0.15, 0.2) is 12.4 Å². The number of benzene rings is 1. The number of ether oxygens (including phenoxy) is 1. The fraction of sp³-hybridized carbons (Fsp3) is 0.556. The second-order valence-electron chi connectivity index (χ2n) is 7.24. The lowest BCUT2D eigenvalue weighted by Crippen LogP contribution is -2.48. The second kappa shape index (κ2) is 6.18. The van der Waals surface area contributed by atoms with Crippen LogP contribution in [0.3, 0.4) is 0 Å². The summed E-state index contributed by atoms with van der Waals surface area (Å²) in [6.07, 6.45) is 4.35. The molecule has 0 aromatic heterocycles. The molecule has 3 heterocycles. The van der Waals surface area contributed by atoms with Gasteiger partial charge in [0, 0.05) is 30.2 Å². The molecule has 0 aliphatic carbocycles. The summed E-state index contributed by atoms with van der Waals surface area (Å²) >= 11 is 6.18. The first-order valence-corrected chi connectivity index (χ1v) is 9.07. The van der Waals surface area contributed by atoms with E-state index in [-0.39, 0.29) is 24.5 Å².